The summed E-state index contributed by atoms with van der Waals surface area (Å²) in [5, 5.41) is 14.7. The van der Waals surface area contributed by atoms with E-state index in [0.717, 1.165) is 32.7 Å². The summed E-state index contributed by atoms with van der Waals surface area (Å²) >= 11 is 3.47. The summed E-state index contributed by atoms with van der Waals surface area (Å²) in [6, 6.07) is 24.9. The molecular formula is C25H21BrN4O. The molecule has 0 aliphatic rings. The molecule has 0 unspecified atom stereocenters. The normalized spacial score (nSPS) is 10.5. The standard InChI is InChI=1S/C25H21BrN4O/c1-16-5-3-6-18(13-16)23-11-12-24(30-29-23)27-20-8-4-7-19(15-20)25(31)28-21-9-10-22(26)17(2)14-21/h3-15H,1-2H3,(H,27,30)(H,28,31). The molecule has 4 rings (SSSR count). The molecule has 3 aromatic carbocycles. The Morgan fingerprint density at radius 2 is 1.68 bits per heavy atom. The van der Waals surface area contributed by atoms with Gasteiger partial charge in [-0.2, -0.15) is 0 Å². The van der Waals surface area contributed by atoms with Crippen molar-refractivity contribution in [3.8, 4) is 11.3 Å². The quantitative estimate of drug-likeness (QED) is 0.346. The van der Waals surface area contributed by atoms with E-state index in [4.69, 9.17) is 0 Å². The number of hydrogen-bond donors (Lipinski definition) is 2. The number of benzene rings is 3. The van der Waals surface area contributed by atoms with Gasteiger partial charge in [0.2, 0.25) is 0 Å². The third-order valence-corrected chi connectivity index (χ3v) is 5.68. The highest BCUT2D eigenvalue weighted by atomic mass is 79.9. The second-order valence-corrected chi connectivity index (χ2v) is 8.15. The molecule has 1 amide bonds. The highest BCUT2D eigenvalue weighted by Crippen LogP contribution is 2.22. The third kappa shape index (κ3) is 5.16. The Kier molecular flexibility index (Phi) is 6.09. The SMILES string of the molecule is Cc1cccc(-c2ccc(Nc3cccc(C(=O)Nc4ccc(Br)c(C)c4)c3)nn2)c1. The molecule has 0 spiro atoms. The van der Waals surface area contributed by atoms with E-state index in [2.05, 4.69) is 42.8 Å². The molecule has 5 nitrogen and oxygen atoms in total. The zero-order chi connectivity index (χ0) is 21.8. The van der Waals surface area contributed by atoms with E-state index in [1.165, 1.54) is 5.56 Å². The van der Waals surface area contributed by atoms with Gasteiger partial charge >= 0.3 is 0 Å². The fraction of sp³-hybridized carbons (Fsp3) is 0.0800. The molecule has 1 aromatic heterocycles. The van der Waals surface area contributed by atoms with Crippen LogP contribution in [-0.2, 0) is 0 Å². The van der Waals surface area contributed by atoms with Crippen LogP contribution in [0.4, 0.5) is 17.2 Å². The Balaban J connectivity index is 1.46. The Morgan fingerprint density at radius 1 is 0.839 bits per heavy atom. The van der Waals surface area contributed by atoms with Crippen LogP contribution in [0.25, 0.3) is 11.3 Å². The van der Waals surface area contributed by atoms with Crippen molar-refractivity contribution in [2.45, 2.75) is 13.8 Å². The van der Waals surface area contributed by atoms with Crippen LogP contribution in [0.5, 0.6) is 0 Å². The first-order valence-electron chi connectivity index (χ1n) is 9.83. The van der Waals surface area contributed by atoms with Gasteiger partial charge in [-0.05, 0) is 74.0 Å². The lowest BCUT2D eigenvalue weighted by atomic mass is 10.1. The van der Waals surface area contributed by atoms with Crippen LogP contribution in [0.2, 0.25) is 0 Å². The molecule has 0 radical (unpaired) electrons. The van der Waals surface area contributed by atoms with Gasteiger partial charge in [-0.1, -0.05) is 45.8 Å². The molecule has 0 fully saturated rings. The summed E-state index contributed by atoms with van der Waals surface area (Å²) in [7, 11) is 0. The van der Waals surface area contributed by atoms with Crippen LogP contribution in [0, 0.1) is 13.8 Å². The van der Waals surface area contributed by atoms with Crippen molar-refractivity contribution in [1.82, 2.24) is 10.2 Å². The molecule has 0 aliphatic heterocycles. The number of carbonyl (C=O) groups excluding carboxylic acids is 1. The van der Waals surface area contributed by atoms with Crippen molar-refractivity contribution in [1.29, 1.82) is 0 Å². The van der Waals surface area contributed by atoms with E-state index >= 15 is 0 Å². The van der Waals surface area contributed by atoms with E-state index < -0.39 is 0 Å². The molecule has 0 saturated carbocycles. The van der Waals surface area contributed by atoms with Gasteiger partial charge in [-0.15, -0.1) is 10.2 Å². The van der Waals surface area contributed by atoms with E-state index in [-0.39, 0.29) is 5.91 Å². The maximum absolute atomic E-state index is 12.7. The van der Waals surface area contributed by atoms with E-state index in [9.17, 15) is 4.79 Å². The Morgan fingerprint density at radius 3 is 2.42 bits per heavy atom. The van der Waals surface area contributed by atoms with Gasteiger partial charge in [-0.3, -0.25) is 4.79 Å². The van der Waals surface area contributed by atoms with Crippen molar-refractivity contribution in [3.05, 3.63) is 100 Å². The minimum absolute atomic E-state index is 0.175. The van der Waals surface area contributed by atoms with Gasteiger partial charge in [0.15, 0.2) is 5.82 Å². The first-order chi connectivity index (χ1) is 15.0. The Bertz CT molecular complexity index is 1240. The van der Waals surface area contributed by atoms with Crippen molar-refractivity contribution < 1.29 is 4.79 Å². The minimum Gasteiger partial charge on any atom is -0.339 e. The summed E-state index contributed by atoms with van der Waals surface area (Å²) in [5.74, 6) is 0.434. The van der Waals surface area contributed by atoms with Gasteiger partial charge in [0.1, 0.15) is 0 Å². The number of aryl methyl sites for hydroxylation is 2. The van der Waals surface area contributed by atoms with Gasteiger partial charge in [0.25, 0.3) is 5.91 Å². The number of nitrogens with one attached hydrogen (secondary N) is 2. The molecule has 4 aromatic rings. The van der Waals surface area contributed by atoms with Crippen molar-refractivity contribution in [2.24, 2.45) is 0 Å². The molecule has 0 aliphatic carbocycles. The maximum atomic E-state index is 12.7. The molecule has 2 N–H and O–H groups in total. The van der Waals surface area contributed by atoms with Crippen LogP contribution in [0.15, 0.2) is 83.3 Å². The predicted octanol–water partition coefficient (Wildman–Crippen LogP) is 6.52. The lowest BCUT2D eigenvalue weighted by molar-refractivity contribution is 0.102. The number of carbonyl (C=O) groups is 1. The first kappa shape index (κ1) is 20.8. The molecule has 31 heavy (non-hydrogen) atoms. The number of halogens is 1. The Hall–Kier alpha value is -3.51. The summed E-state index contributed by atoms with van der Waals surface area (Å²) < 4.78 is 1.01. The lowest BCUT2D eigenvalue weighted by Gasteiger charge is -2.10. The van der Waals surface area contributed by atoms with Gasteiger partial charge in [-0.25, -0.2) is 0 Å². The highest BCUT2D eigenvalue weighted by molar-refractivity contribution is 9.10. The molecule has 1 heterocycles. The average molecular weight is 473 g/mol. The van der Waals surface area contributed by atoms with E-state index in [1.54, 1.807) is 12.1 Å². The summed E-state index contributed by atoms with van der Waals surface area (Å²) in [5.41, 5.74) is 6.14. The van der Waals surface area contributed by atoms with Crippen LogP contribution < -0.4 is 10.6 Å². The fourth-order valence-electron chi connectivity index (χ4n) is 3.17. The summed E-state index contributed by atoms with van der Waals surface area (Å²) in [4.78, 5) is 12.7. The fourth-order valence-corrected chi connectivity index (χ4v) is 3.42. The largest absolute Gasteiger partial charge is 0.339 e. The first-order valence-corrected chi connectivity index (χ1v) is 10.6. The van der Waals surface area contributed by atoms with Crippen LogP contribution in [-0.4, -0.2) is 16.1 Å². The molecule has 6 heteroatoms. The molecular weight excluding hydrogens is 452 g/mol. The minimum atomic E-state index is -0.175. The van der Waals surface area contributed by atoms with Crippen LogP contribution in [0.1, 0.15) is 21.5 Å². The second kappa shape index (κ2) is 9.10. The highest BCUT2D eigenvalue weighted by Gasteiger charge is 2.09. The van der Waals surface area contributed by atoms with Gasteiger partial charge in [0.05, 0.1) is 5.69 Å². The number of amides is 1. The van der Waals surface area contributed by atoms with Gasteiger partial charge in [0, 0.05) is 27.0 Å². The predicted molar refractivity (Wildman–Crippen MR) is 129 cm³/mol. The number of hydrogen-bond acceptors (Lipinski definition) is 4. The molecule has 0 bridgehead atoms. The van der Waals surface area contributed by atoms with Crippen molar-refractivity contribution in [2.75, 3.05) is 10.6 Å². The topological polar surface area (TPSA) is 66.9 Å². The van der Waals surface area contributed by atoms with E-state index in [0.29, 0.717) is 11.4 Å². The molecule has 0 atom stereocenters. The second-order valence-electron chi connectivity index (χ2n) is 7.30. The monoisotopic (exact) mass is 472 g/mol. The smallest absolute Gasteiger partial charge is 0.255 e. The van der Waals surface area contributed by atoms with Crippen LogP contribution >= 0.6 is 15.9 Å². The lowest BCUT2D eigenvalue weighted by Crippen LogP contribution is -2.12. The van der Waals surface area contributed by atoms with Crippen molar-refractivity contribution >= 4 is 39.0 Å². The number of anilines is 3. The van der Waals surface area contributed by atoms with Gasteiger partial charge < -0.3 is 10.6 Å². The maximum Gasteiger partial charge on any atom is 0.255 e. The van der Waals surface area contributed by atoms with Crippen molar-refractivity contribution in [3.63, 3.8) is 0 Å². The Labute approximate surface area is 189 Å². The van der Waals surface area contributed by atoms with E-state index in [1.807, 2.05) is 74.5 Å². The number of nitrogens with zero attached hydrogens (tertiary/aromatic N) is 2. The zero-order valence-electron chi connectivity index (χ0n) is 17.2. The average Bonchev–Trinajstić information content (AvgIpc) is 2.77. The molecule has 0 saturated heterocycles. The summed E-state index contributed by atoms with van der Waals surface area (Å²) in [6.45, 7) is 4.03. The number of aromatic nitrogens is 2. The summed E-state index contributed by atoms with van der Waals surface area (Å²) in [6.07, 6.45) is 0. The zero-order valence-corrected chi connectivity index (χ0v) is 18.8. The van der Waals surface area contributed by atoms with Crippen LogP contribution in [0.3, 0.4) is 0 Å². The molecule has 154 valence electrons. The number of rotatable bonds is 5. The third-order valence-electron chi connectivity index (χ3n) is 4.79.